The summed E-state index contributed by atoms with van der Waals surface area (Å²) >= 11 is 0. The first-order valence-corrected chi connectivity index (χ1v) is 9.72. The van der Waals surface area contributed by atoms with E-state index in [4.69, 9.17) is 5.73 Å². The second-order valence-electron chi connectivity index (χ2n) is 6.82. The highest BCUT2D eigenvalue weighted by Gasteiger charge is 2.19. The first kappa shape index (κ1) is 20.3. The molecule has 0 aliphatic rings. The van der Waals surface area contributed by atoms with Crippen molar-refractivity contribution in [3.8, 4) is 0 Å². The van der Waals surface area contributed by atoms with E-state index in [1.807, 2.05) is 43.6 Å². The maximum absolute atomic E-state index is 12.9. The van der Waals surface area contributed by atoms with Gasteiger partial charge in [0, 0.05) is 18.7 Å². The number of benzene rings is 1. The molecule has 0 aliphatic heterocycles. The van der Waals surface area contributed by atoms with Gasteiger partial charge in [-0.2, -0.15) is 5.10 Å². The Labute approximate surface area is 169 Å². The number of primary amides is 1. The molecule has 2 aromatic heterocycles. The number of nitrogens with two attached hydrogens (primary N) is 1. The number of nitrogens with one attached hydrogen (secondary N) is 1. The number of aromatic nitrogens is 4. The number of hydrogen-bond donors (Lipinski definition) is 2. The zero-order valence-corrected chi connectivity index (χ0v) is 17.2. The van der Waals surface area contributed by atoms with E-state index in [1.165, 1.54) is 0 Å². The van der Waals surface area contributed by atoms with Crippen LogP contribution in [0.4, 0.5) is 5.95 Å². The van der Waals surface area contributed by atoms with Gasteiger partial charge in [0.2, 0.25) is 11.9 Å². The number of fused-ring (bicyclic) bond motifs is 1. The van der Waals surface area contributed by atoms with Crippen molar-refractivity contribution in [2.24, 2.45) is 5.73 Å². The number of imidazole rings is 1. The Morgan fingerprint density at radius 3 is 2.62 bits per heavy atom. The Hall–Kier alpha value is -3.42. The predicted molar refractivity (Wildman–Crippen MR) is 114 cm³/mol. The molecule has 3 rings (SSSR count). The number of carbonyl (C=O) groups excluding carboxylic acids is 2. The third kappa shape index (κ3) is 3.91. The monoisotopic (exact) mass is 394 g/mol. The average Bonchev–Trinajstić information content (AvgIpc) is 3.22. The largest absolute Gasteiger partial charge is 0.366 e. The number of allylic oxidation sites excluding steroid dienone is 1. The predicted octanol–water partition coefficient (Wildman–Crippen LogP) is 3.36. The van der Waals surface area contributed by atoms with E-state index in [-0.39, 0.29) is 5.91 Å². The maximum atomic E-state index is 12.9. The summed E-state index contributed by atoms with van der Waals surface area (Å²) in [5.74, 6) is -0.358. The normalized spacial score (nSPS) is 11.4. The smallest absolute Gasteiger partial charge is 0.276 e. The van der Waals surface area contributed by atoms with Crippen molar-refractivity contribution in [2.45, 2.75) is 47.2 Å². The molecule has 2 amide bonds. The van der Waals surface area contributed by atoms with E-state index in [2.05, 4.69) is 22.3 Å². The fourth-order valence-electron chi connectivity index (χ4n) is 3.40. The van der Waals surface area contributed by atoms with Gasteiger partial charge in [0.1, 0.15) is 5.69 Å². The van der Waals surface area contributed by atoms with Crippen LogP contribution < -0.4 is 11.1 Å². The van der Waals surface area contributed by atoms with Gasteiger partial charge in [0.15, 0.2) is 0 Å². The number of hydrogen-bond acceptors (Lipinski definition) is 4. The van der Waals surface area contributed by atoms with Gasteiger partial charge in [0.05, 0.1) is 16.7 Å². The lowest BCUT2D eigenvalue weighted by Crippen LogP contribution is -2.20. The summed E-state index contributed by atoms with van der Waals surface area (Å²) in [6, 6.07) is 5.31. The minimum absolute atomic E-state index is 0.274. The topological polar surface area (TPSA) is 108 Å². The van der Waals surface area contributed by atoms with Gasteiger partial charge in [-0.15, -0.1) is 0 Å². The highest BCUT2D eigenvalue weighted by atomic mass is 16.2. The van der Waals surface area contributed by atoms with Crippen molar-refractivity contribution >= 4 is 34.9 Å². The summed E-state index contributed by atoms with van der Waals surface area (Å²) in [4.78, 5) is 29.3. The Bertz CT molecular complexity index is 1110. The zero-order valence-electron chi connectivity index (χ0n) is 17.2. The lowest BCUT2D eigenvalue weighted by atomic mass is 10.1. The lowest BCUT2D eigenvalue weighted by molar-refractivity contribution is 0.0995. The van der Waals surface area contributed by atoms with Crippen LogP contribution in [0.2, 0.25) is 0 Å². The van der Waals surface area contributed by atoms with E-state index in [9.17, 15) is 9.59 Å². The molecule has 0 saturated carbocycles. The molecule has 2 heterocycles. The number of anilines is 1. The molecule has 3 aromatic rings. The maximum Gasteiger partial charge on any atom is 0.276 e. The van der Waals surface area contributed by atoms with Crippen molar-refractivity contribution in [1.29, 1.82) is 0 Å². The van der Waals surface area contributed by atoms with Crippen molar-refractivity contribution in [2.75, 3.05) is 5.32 Å². The molecule has 3 N–H and O–H groups in total. The molecular weight excluding hydrogens is 368 g/mol. The second-order valence-corrected chi connectivity index (χ2v) is 6.82. The van der Waals surface area contributed by atoms with Crippen LogP contribution in [0.5, 0.6) is 0 Å². The number of nitrogens with zero attached hydrogens (tertiary/aromatic N) is 4. The van der Waals surface area contributed by atoms with Crippen LogP contribution in [0.1, 0.15) is 59.3 Å². The fraction of sp³-hybridized carbons (Fsp3) is 0.333. The third-order valence-corrected chi connectivity index (χ3v) is 4.64. The van der Waals surface area contributed by atoms with Crippen LogP contribution in [0.3, 0.4) is 0 Å². The zero-order chi connectivity index (χ0) is 21.1. The summed E-state index contributed by atoms with van der Waals surface area (Å²) in [6.45, 7) is 8.98. The second kappa shape index (κ2) is 8.30. The first-order chi connectivity index (χ1) is 13.9. The van der Waals surface area contributed by atoms with Crippen LogP contribution in [0.25, 0.3) is 17.1 Å². The van der Waals surface area contributed by atoms with Crippen LogP contribution in [0, 0.1) is 6.92 Å². The summed E-state index contributed by atoms with van der Waals surface area (Å²) in [7, 11) is 0. The molecule has 0 aliphatic carbocycles. The molecule has 0 spiro atoms. The summed E-state index contributed by atoms with van der Waals surface area (Å²) in [5, 5.41) is 7.23. The number of rotatable bonds is 7. The van der Waals surface area contributed by atoms with Gasteiger partial charge >= 0.3 is 0 Å². The molecule has 0 unspecified atom stereocenters. The Morgan fingerprint density at radius 2 is 2.00 bits per heavy atom. The van der Waals surface area contributed by atoms with Gasteiger partial charge < -0.3 is 10.3 Å². The van der Waals surface area contributed by atoms with Crippen LogP contribution >= 0.6 is 0 Å². The standard InChI is InChI=1S/C21H26N6O2/c1-5-8-14-11-17-16(12-15(14)19(22)28)23-21(26(17)9-6-2)24-20(29)18-10-13(4)25-27(18)7-3/h5,8,10-12H,6-7,9H2,1-4H3,(H2,22,28)(H,23,24,29)/b8-5-. The summed E-state index contributed by atoms with van der Waals surface area (Å²) in [5.41, 5.74) is 9.36. The number of carbonyl (C=O) groups is 2. The van der Waals surface area contributed by atoms with Gasteiger partial charge in [0.25, 0.3) is 5.91 Å². The van der Waals surface area contributed by atoms with Crippen LogP contribution in [0.15, 0.2) is 24.3 Å². The highest BCUT2D eigenvalue weighted by Crippen LogP contribution is 2.25. The summed E-state index contributed by atoms with van der Waals surface area (Å²) < 4.78 is 3.61. The first-order valence-electron chi connectivity index (χ1n) is 9.72. The highest BCUT2D eigenvalue weighted by molar-refractivity contribution is 6.04. The van der Waals surface area contributed by atoms with Crippen LogP contribution in [-0.2, 0) is 13.1 Å². The molecule has 8 nitrogen and oxygen atoms in total. The van der Waals surface area contributed by atoms with E-state index < -0.39 is 5.91 Å². The SMILES string of the molecule is C/C=C\c1cc2c(cc1C(N)=O)nc(NC(=O)c1cc(C)nn1CC)n2CCC. The Morgan fingerprint density at radius 1 is 1.24 bits per heavy atom. The van der Waals surface area contributed by atoms with E-state index in [0.29, 0.717) is 35.8 Å². The fourth-order valence-corrected chi connectivity index (χ4v) is 3.40. The molecule has 0 fully saturated rings. The quantitative estimate of drug-likeness (QED) is 0.640. The van der Waals surface area contributed by atoms with Gasteiger partial charge in [-0.25, -0.2) is 4.98 Å². The van der Waals surface area contributed by atoms with Crippen molar-refractivity contribution in [3.05, 3.63) is 46.8 Å². The van der Waals surface area contributed by atoms with Gasteiger partial charge in [-0.3, -0.25) is 19.6 Å². The lowest BCUT2D eigenvalue weighted by Gasteiger charge is -2.10. The molecule has 8 heteroatoms. The molecule has 152 valence electrons. The molecule has 1 aromatic carbocycles. The Balaban J connectivity index is 2.10. The minimum Gasteiger partial charge on any atom is -0.366 e. The molecule has 29 heavy (non-hydrogen) atoms. The van der Waals surface area contributed by atoms with E-state index in [1.54, 1.807) is 16.8 Å². The molecular formula is C21H26N6O2. The number of amides is 2. The molecule has 0 atom stereocenters. The molecule has 0 bridgehead atoms. The number of aryl methyl sites for hydroxylation is 3. The molecule has 0 saturated heterocycles. The average molecular weight is 394 g/mol. The Kier molecular flexibility index (Phi) is 5.81. The summed E-state index contributed by atoms with van der Waals surface area (Å²) in [6.07, 6.45) is 4.55. The van der Waals surface area contributed by atoms with E-state index in [0.717, 1.165) is 23.2 Å². The third-order valence-electron chi connectivity index (χ3n) is 4.64. The van der Waals surface area contributed by atoms with Crippen molar-refractivity contribution in [1.82, 2.24) is 19.3 Å². The van der Waals surface area contributed by atoms with Gasteiger partial charge in [-0.1, -0.05) is 19.1 Å². The van der Waals surface area contributed by atoms with Gasteiger partial charge in [-0.05, 0) is 51.0 Å². The van der Waals surface area contributed by atoms with E-state index >= 15 is 0 Å². The van der Waals surface area contributed by atoms with Crippen molar-refractivity contribution in [3.63, 3.8) is 0 Å². The van der Waals surface area contributed by atoms with Crippen LogP contribution in [-0.4, -0.2) is 31.1 Å². The van der Waals surface area contributed by atoms with Crippen molar-refractivity contribution < 1.29 is 9.59 Å². The minimum atomic E-state index is -0.516. The molecule has 0 radical (unpaired) electrons.